The van der Waals surface area contributed by atoms with E-state index in [0.29, 0.717) is 23.2 Å². The lowest BCUT2D eigenvalue weighted by Crippen LogP contribution is -2.38. The summed E-state index contributed by atoms with van der Waals surface area (Å²) < 4.78 is 34.3. The van der Waals surface area contributed by atoms with Gasteiger partial charge in [0.15, 0.2) is 9.84 Å². The number of hydrogen-bond donors (Lipinski definition) is 0. The minimum atomic E-state index is -3.06. The van der Waals surface area contributed by atoms with Crippen LogP contribution in [0.4, 0.5) is 0 Å². The molecule has 3 aromatic rings. The van der Waals surface area contributed by atoms with E-state index in [1.807, 2.05) is 19.9 Å². The summed E-state index contributed by atoms with van der Waals surface area (Å²) in [7, 11) is -1.44. The highest BCUT2D eigenvalue weighted by molar-refractivity contribution is 7.91. The van der Waals surface area contributed by atoms with Gasteiger partial charge in [0, 0.05) is 41.9 Å². The number of furan rings is 1. The Bertz CT molecular complexity index is 1280. The van der Waals surface area contributed by atoms with Crippen LogP contribution in [-0.4, -0.2) is 43.8 Å². The molecule has 1 aliphatic rings. The summed E-state index contributed by atoms with van der Waals surface area (Å²) in [5.41, 5.74) is 2.91. The van der Waals surface area contributed by atoms with Crippen LogP contribution in [0.1, 0.15) is 29.5 Å². The van der Waals surface area contributed by atoms with Crippen molar-refractivity contribution >= 4 is 37.7 Å². The van der Waals surface area contributed by atoms with E-state index >= 15 is 0 Å². The van der Waals surface area contributed by atoms with Gasteiger partial charge in [0.1, 0.15) is 11.2 Å². The van der Waals surface area contributed by atoms with Crippen LogP contribution in [0.25, 0.3) is 21.9 Å². The minimum Gasteiger partial charge on any atom is -0.464 e. The van der Waals surface area contributed by atoms with Crippen molar-refractivity contribution in [1.82, 2.24) is 4.90 Å². The molecule has 1 amide bonds. The van der Waals surface area contributed by atoms with Gasteiger partial charge in [0.25, 0.3) is 0 Å². The maximum Gasteiger partial charge on any atom is 0.339 e. The molecule has 3 heterocycles. The Balaban J connectivity index is 1.59. The molecule has 0 radical (unpaired) electrons. The number of amides is 1. The van der Waals surface area contributed by atoms with Crippen LogP contribution in [0, 0.1) is 13.8 Å². The second-order valence-electron chi connectivity index (χ2n) is 7.82. The lowest BCUT2D eigenvalue weighted by Gasteiger charge is -2.23. The largest absolute Gasteiger partial charge is 0.464 e. The highest BCUT2D eigenvalue weighted by atomic mass is 32.2. The predicted octanol–water partition coefficient (Wildman–Crippen LogP) is 2.73. The summed E-state index contributed by atoms with van der Waals surface area (Å²) in [6.07, 6.45) is 2.49. The first-order valence-corrected chi connectivity index (χ1v) is 11.4. The van der Waals surface area contributed by atoms with Gasteiger partial charge >= 0.3 is 5.63 Å². The Morgan fingerprint density at radius 3 is 2.66 bits per heavy atom. The molecule has 0 aliphatic carbocycles. The van der Waals surface area contributed by atoms with E-state index in [9.17, 15) is 18.0 Å². The fourth-order valence-electron chi connectivity index (χ4n) is 4.02. The Morgan fingerprint density at radius 2 is 1.97 bits per heavy atom. The molecule has 154 valence electrons. The predicted molar refractivity (Wildman–Crippen MR) is 110 cm³/mol. The van der Waals surface area contributed by atoms with Crippen molar-refractivity contribution in [3.8, 4) is 0 Å². The topological polar surface area (TPSA) is 97.8 Å². The van der Waals surface area contributed by atoms with Gasteiger partial charge in [-0.15, -0.1) is 0 Å². The second-order valence-corrected chi connectivity index (χ2v) is 10.0. The molecule has 7 nitrogen and oxygen atoms in total. The van der Waals surface area contributed by atoms with Gasteiger partial charge in [-0.2, -0.15) is 0 Å². The number of benzene rings is 1. The molecule has 1 atom stereocenters. The second kappa shape index (κ2) is 7.02. The molecule has 0 saturated carbocycles. The van der Waals surface area contributed by atoms with Gasteiger partial charge in [0.2, 0.25) is 5.91 Å². The zero-order valence-electron chi connectivity index (χ0n) is 16.6. The number of carbonyl (C=O) groups is 1. The van der Waals surface area contributed by atoms with Crippen molar-refractivity contribution in [3.63, 3.8) is 0 Å². The van der Waals surface area contributed by atoms with E-state index in [1.165, 1.54) is 4.90 Å². The van der Waals surface area contributed by atoms with Gasteiger partial charge in [-0.1, -0.05) is 0 Å². The lowest BCUT2D eigenvalue weighted by molar-refractivity contribution is -0.131. The van der Waals surface area contributed by atoms with Crippen molar-refractivity contribution in [2.24, 2.45) is 0 Å². The number of hydrogen-bond acceptors (Lipinski definition) is 6. The highest BCUT2D eigenvalue weighted by Crippen LogP contribution is 2.29. The highest BCUT2D eigenvalue weighted by Gasteiger charge is 2.32. The summed E-state index contributed by atoms with van der Waals surface area (Å²) in [5, 5.41) is 1.78. The summed E-state index contributed by atoms with van der Waals surface area (Å²) in [6.45, 7) is 3.80. The number of fused-ring (bicyclic) bond motifs is 2. The average molecular weight is 417 g/mol. The third-order valence-electron chi connectivity index (χ3n) is 5.91. The molecule has 1 aromatic carbocycles. The molecular weight excluding hydrogens is 394 g/mol. The van der Waals surface area contributed by atoms with Gasteiger partial charge in [0.05, 0.1) is 17.8 Å². The summed E-state index contributed by atoms with van der Waals surface area (Å²) >= 11 is 0. The zero-order valence-corrected chi connectivity index (χ0v) is 17.5. The number of rotatable bonds is 4. The molecule has 1 aliphatic heterocycles. The van der Waals surface area contributed by atoms with Crippen LogP contribution in [0.3, 0.4) is 0 Å². The number of aryl methyl sites for hydroxylation is 2. The molecule has 1 unspecified atom stereocenters. The van der Waals surface area contributed by atoms with E-state index in [-0.39, 0.29) is 36.3 Å². The van der Waals surface area contributed by atoms with E-state index in [1.54, 1.807) is 19.4 Å². The minimum absolute atomic E-state index is 0.00638. The van der Waals surface area contributed by atoms with Gasteiger partial charge in [-0.25, -0.2) is 13.2 Å². The zero-order chi connectivity index (χ0) is 20.9. The quantitative estimate of drug-likeness (QED) is 0.606. The molecule has 1 fully saturated rings. The van der Waals surface area contributed by atoms with Crippen molar-refractivity contribution in [2.45, 2.75) is 39.2 Å². The molecule has 29 heavy (non-hydrogen) atoms. The van der Waals surface area contributed by atoms with Crippen LogP contribution >= 0.6 is 0 Å². The fourth-order valence-corrected chi connectivity index (χ4v) is 5.79. The molecule has 8 heteroatoms. The average Bonchev–Trinajstić information content (AvgIpc) is 3.21. The van der Waals surface area contributed by atoms with Gasteiger partial charge in [-0.05, 0) is 43.9 Å². The fraction of sp³-hybridized carbons (Fsp3) is 0.429. The van der Waals surface area contributed by atoms with Crippen LogP contribution in [0.5, 0.6) is 0 Å². The molecule has 4 rings (SSSR count). The third-order valence-corrected chi connectivity index (χ3v) is 7.66. The van der Waals surface area contributed by atoms with Crippen molar-refractivity contribution in [2.75, 3.05) is 18.6 Å². The third kappa shape index (κ3) is 3.57. The smallest absolute Gasteiger partial charge is 0.339 e. The summed E-state index contributed by atoms with van der Waals surface area (Å²) in [4.78, 5) is 26.6. The Hall–Kier alpha value is -2.61. The van der Waals surface area contributed by atoms with E-state index < -0.39 is 15.5 Å². The SMILES string of the molecule is Cc1coc2cc3oc(=O)c(CCC(=O)N(C)C4CCS(=O)(=O)C4)c(C)c3cc12. The Morgan fingerprint density at radius 1 is 1.21 bits per heavy atom. The first-order chi connectivity index (χ1) is 13.7. The normalized spacial score (nSPS) is 18.5. The van der Waals surface area contributed by atoms with E-state index in [0.717, 1.165) is 21.9 Å². The monoisotopic (exact) mass is 417 g/mol. The number of sulfone groups is 1. The van der Waals surface area contributed by atoms with Crippen molar-refractivity contribution in [1.29, 1.82) is 0 Å². The van der Waals surface area contributed by atoms with Crippen molar-refractivity contribution < 1.29 is 22.0 Å². The van der Waals surface area contributed by atoms with Gasteiger partial charge < -0.3 is 13.7 Å². The van der Waals surface area contributed by atoms with Crippen LogP contribution in [0.15, 0.2) is 32.0 Å². The molecule has 2 aromatic heterocycles. The number of nitrogens with zero attached hydrogens (tertiary/aromatic N) is 1. The maximum atomic E-state index is 12.6. The summed E-state index contributed by atoms with van der Waals surface area (Å²) in [5.74, 6) is -0.0519. The summed E-state index contributed by atoms with van der Waals surface area (Å²) in [6, 6.07) is 3.37. The van der Waals surface area contributed by atoms with Crippen molar-refractivity contribution in [3.05, 3.63) is 45.5 Å². The molecule has 0 bridgehead atoms. The first kappa shape index (κ1) is 19.7. The lowest BCUT2D eigenvalue weighted by atomic mass is 10.0. The first-order valence-electron chi connectivity index (χ1n) is 9.56. The van der Waals surface area contributed by atoms with E-state index in [4.69, 9.17) is 8.83 Å². The molecular formula is C21H23NO6S. The molecule has 0 spiro atoms. The van der Waals surface area contributed by atoms with Crippen LogP contribution < -0.4 is 5.63 Å². The Labute approximate surface area is 168 Å². The van der Waals surface area contributed by atoms with Gasteiger partial charge in [-0.3, -0.25) is 4.79 Å². The number of carbonyl (C=O) groups excluding carboxylic acids is 1. The Kier molecular flexibility index (Phi) is 4.77. The van der Waals surface area contributed by atoms with Crippen LogP contribution in [-0.2, 0) is 21.1 Å². The standard InChI is InChI=1S/C21H23NO6S/c1-12-10-27-18-9-19-17(8-16(12)18)13(2)15(21(24)28-19)4-5-20(23)22(3)14-6-7-29(25,26)11-14/h8-10,14H,4-7,11H2,1-3H3. The van der Waals surface area contributed by atoms with E-state index in [2.05, 4.69) is 0 Å². The molecule has 1 saturated heterocycles. The maximum absolute atomic E-state index is 12.6. The van der Waals surface area contributed by atoms with Crippen LogP contribution in [0.2, 0.25) is 0 Å². The molecule has 0 N–H and O–H groups in total.